The predicted molar refractivity (Wildman–Crippen MR) is 163 cm³/mol. The molecule has 12 heteroatoms. The molecule has 11 nitrogen and oxygen atoms in total. The first-order valence-electron chi connectivity index (χ1n) is 15.0. The Labute approximate surface area is 256 Å². The highest BCUT2D eigenvalue weighted by atomic mass is 19.1. The number of nitrogens with zero attached hydrogens (tertiary/aromatic N) is 3. The molecule has 5 rings (SSSR count). The molecular formula is C32H41FN4O7. The highest BCUT2D eigenvalue weighted by Crippen LogP contribution is 2.34. The number of nitrogens with one attached hydrogen (secondary N) is 1. The molecule has 3 aliphatic heterocycles. The molecule has 1 aromatic heterocycles. The number of carboxylic acid groups (broad SMARTS) is 3. The number of aromatic nitrogens is 1. The van der Waals surface area contributed by atoms with Gasteiger partial charge >= 0.3 is 17.9 Å². The number of morpholine rings is 1. The standard InChI is InChI=1S/C28H37FN4O3.C4H4O4/c29-28(9-8-24-7-6-21-4-2-11-30-27(21)31-24)10-12-32(20-28)19-23(18-26(34)35)22-3-1-5-25(17-22)33-13-15-36-16-14-33;5-3(6)1-2-4(7)8/h1,3,5-7,17,23H,2,4,8-16,18-20H2,(H,30,31)(H,34,35);1-2H,(H,5,6)(H,7,8)/b;2-1-/t23-,28+;/m1./s1. The fraction of sp³-hybridized carbons (Fsp3) is 0.500. The van der Waals surface area contributed by atoms with Crippen molar-refractivity contribution in [2.45, 2.75) is 50.1 Å². The molecule has 238 valence electrons. The van der Waals surface area contributed by atoms with Gasteiger partial charge in [0.15, 0.2) is 0 Å². The van der Waals surface area contributed by atoms with Gasteiger partial charge in [0.1, 0.15) is 11.5 Å². The molecule has 0 spiro atoms. The zero-order chi connectivity index (χ0) is 31.5. The second kappa shape index (κ2) is 15.6. The first-order valence-corrected chi connectivity index (χ1v) is 15.0. The summed E-state index contributed by atoms with van der Waals surface area (Å²) in [6.45, 7) is 5.55. The zero-order valence-corrected chi connectivity index (χ0v) is 24.8. The van der Waals surface area contributed by atoms with Crippen molar-refractivity contribution in [3.8, 4) is 0 Å². The maximum Gasteiger partial charge on any atom is 0.328 e. The van der Waals surface area contributed by atoms with Crippen LogP contribution in [0.3, 0.4) is 0 Å². The Morgan fingerprint density at radius 2 is 1.82 bits per heavy atom. The van der Waals surface area contributed by atoms with E-state index in [9.17, 15) is 19.5 Å². The summed E-state index contributed by atoms with van der Waals surface area (Å²) < 4.78 is 21.3. The van der Waals surface area contributed by atoms with Gasteiger partial charge in [-0.1, -0.05) is 18.2 Å². The molecule has 2 atom stereocenters. The van der Waals surface area contributed by atoms with Crippen LogP contribution in [0.25, 0.3) is 0 Å². The van der Waals surface area contributed by atoms with Crippen molar-refractivity contribution < 1.29 is 38.8 Å². The van der Waals surface area contributed by atoms with E-state index in [1.165, 1.54) is 5.56 Å². The minimum atomic E-state index is -1.27. The molecular weight excluding hydrogens is 571 g/mol. The topological polar surface area (TPSA) is 153 Å². The Kier molecular flexibility index (Phi) is 11.7. The average Bonchev–Trinajstić information content (AvgIpc) is 3.39. The zero-order valence-electron chi connectivity index (χ0n) is 24.8. The lowest BCUT2D eigenvalue weighted by Gasteiger charge is -2.30. The molecule has 0 bridgehead atoms. The molecule has 2 saturated heterocycles. The number of fused-ring (bicyclic) bond motifs is 1. The first kappa shape index (κ1) is 32.9. The molecule has 4 N–H and O–H groups in total. The van der Waals surface area contributed by atoms with Gasteiger partial charge in [-0.3, -0.25) is 9.69 Å². The molecule has 2 fully saturated rings. The lowest BCUT2D eigenvalue weighted by atomic mass is 9.94. The summed E-state index contributed by atoms with van der Waals surface area (Å²) >= 11 is 0. The third-order valence-corrected chi connectivity index (χ3v) is 8.15. The molecule has 1 aromatic carbocycles. The number of halogens is 1. The predicted octanol–water partition coefficient (Wildman–Crippen LogP) is 3.59. The number of likely N-dealkylation sites (tertiary alicyclic amines) is 1. The maximum absolute atomic E-state index is 15.8. The Bertz CT molecular complexity index is 1320. The lowest BCUT2D eigenvalue weighted by molar-refractivity contribution is -0.137. The monoisotopic (exact) mass is 612 g/mol. The van der Waals surface area contributed by atoms with Crippen molar-refractivity contribution in [1.82, 2.24) is 9.88 Å². The van der Waals surface area contributed by atoms with Crippen molar-refractivity contribution in [2.75, 3.05) is 62.7 Å². The number of alkyl halides is 1. The maximum atomic E-state index is 15.8. The quantitative estimate of drug-likeness (QED) is 0.276. The number of carboxylic acids is 3. The summed E-state index contributed by atoms with van der Waals surface area (Å²) in [5, 5.41) is 28.6. The average molecular weight is 613 g/mol. The van der Waals surface area contributed by atoms with E-state index < -0.39 is 23.6 Å². The number of rotatable bonds is 11. The van der Waals surface area contributed by atoms with Crippen LogP contribution in [0.4, 0.5) is 15.9 Å². The first-order chi connectivity index (χ1) is 21.1. The largest absolute Gasteiger partial charge is 0.481 e. The van der Waals surface area contributed by atoms with Crippen molar-refractivity contribution in [2.24, 2.45) is 0 Å². The fourth-order valence-electron chi connectivity index (χ4n) is 5.89. The highest BCUT2D eigenvalue weighted by Gasteiger charge is 2.39. The number of anilines is 2. The van der Waals surface area contributed by atoms with Gasteiger partial charge in [-0.2, -0.15) is 0 Å². The van der Waals surface area contributed by atoms with Crippen LogP contribution in [0.1, 0.15) is 48.4 Å². The van der Waals surface area contributed by atoms with Gasteiger partial charge in [-0.15, -0.1) is 0 Å². The highest BCUT2D eigenvalue weighted by molar-refractivity contribution is 5.89. The van der Waals surface area contributed by atoms with Crippen molar-refractivity contribution in [3.63, 3.8) is 0 Å². The van der Waals surface area contributed by atoms with E-state index in [4.69, 9.17) is 19.9 Å². The van der Waals surface area contributed by atoms with Gasteiger partial charge < -0.3 is 30.3 Å². The number of hydrogen-bond donors (Lipinski definition) is 4. The third-order valence-electron chi connectivity index (χ3n) is 8.15. The second-order valence-electron chi connectivity index (χ2n) is 11.5. The van der Waals surface area contributed by atoms with E-state index in [0.29, 0.717) is 64.3 Å². The van der Waals surface area contributed by atoms with Crippen LogP contribution in [-0.4, -0.2) is 101 Å². The Balaban J connectivity index is 0.000000488. The van der Waals surface area contributed by atoms with Crippen LogP contribution in [0.2, 0.25) is 0 Å². The summed E-state index contributed by atoms with van der Waals surface area (Å²) in [5.74, 6) is -2.57. The number of benzene rings is 1. The smallest absolute Gasteiger partial charge is 0.328 e. The SMILES string of the molecule is O=C(O)/C=C\C(=O)O.O=C(O)C[C@H](CN1CC[C@@](F)(CCc2ccc3c(n2)NCCC3)C1)c1cccc(N2CCOCC2)c1. The van der Waals surface area contributed by atoms with E-state index in [1.807, 2.05) is 18.2 Å². The lowest BCUT2D eigenvalue weighted by Crippen LogP contribution is -2.36. The van der Waals surface area contributed by atoms with Gasteiger partial charge in [0, 0.05) is 68.7 Å². The van der Waals surface area contributed by atoms with Gasteiger partial charge in [0.25, 0.3) is 0 Å². The van der Waals surface area contributed by atoms with Crippen LogP contribution in [-0.2, 0) is 32.0 Å². The van der Waals surface area contributed by atoms with E-state index in [-0.39, 0.29) is 12.3 Å². The molecule has 44 heavy (non-hydrogen) atoms. The Hall–Kier alpha value is -4.03. The summed E-state index contributed by atoms with van der Waals surface area (Å²) in [7, 11) is 0. The third kappa shape index (κ3) is 10.0. The minimum absolute atomic E-state index is 0.0361. The van der Waals surface area contributed by atoms with Gasteiger partial charge in [-0.25, -0.2) is 19.0 Å². The molecule has 2 aromatic rings. The Morgan fingerprint density at radius 3 is 2.52 bits per heavy atom. The van der Waals surface area contributed by atoms with Gasteiger partial charge in [0.05, 0.1) is 19.6 Å². The molecule has 0 amide bonds. The summed E-state index contributed by atoms with van der Waals surface area (Å²) in [6, 6.07) is 12.3. The van der Waals surface area contributed by atoms with Crippen molar-refractivity contribution >= 4 is 29.4 Å². The van der Waals surface area contributed by atoms with Crippen LogP contribution in [0.5, 0.6) is 0 Å². The summed E-state index contributed by atoms with van der Waals surface area (Å²) in [5.41, 5.74) is 3.01. The minimum Gasteiger partial charge on any atom is -0.481 e. The molecule has 0 saturated carbocycles. The number of aryl methyl sites for hydroxylation is 2. The van der Waals surface area contributed by atoms with E-state index >= 15 is 4.39 Å². The normalized spacial score (nSPS) is 20.7. The van der Waals surface area contributed by atoms with E-state index in [0.717, 1.165) is 55.2 Å². The Morgan fingerprint density at radius 1 is 1.07 bits per heavy atom. The van der Waals surface area contributed by atoms with Crippen LogP contribution in [0.15, 0.2) is 48.6 Å². The molecule has 0 aliphatic carbocycles. The van der Waals surface area contributed by atoms with Crippen LogP contribution in [0, 0.1) is 0 Å². The summed E-state index contributed by atoms with van der Waals surface area (Å²) in [4.78, 5) is 39.9. The molecule has 0 radical (unpaired) electrons. The van der Waals surface area contributed by atoms with Gasteiger partial charge in [-0.05, 0) is 61.4 Å². The number of aliphatic carboxylic acids is 3. The van der Waals surface area contributed by atoms with Crippen LogP contribution >= 0.6 is 0 Å². The fourth-order valence-corrected chi connectivity index (χ4v) is 5.89. The number of ether oxygens (including phenoxy) is 1. The second-order valence-corrected chi connectivity index (χ2v) is 11.5. The molecule has 0 unspecified atom stereocenters. The van der Waals surface area contributed by atoms with E-state index in [1.54, 1.807) is 0 Å². The number of hydrogen-bond acceptors (Lipinski definition) is 8. The van der Waals surface area contributed by atoms with Crippen molar-refractivity contribution in [3.05, 3.63) is 65.4 Å². The molecule has 3 aliphatic rings. The van der Waals surface area contributed by atoms with Gasteiger partial charge in [0.2, 0.25) is 0 Å². The number of carbonyl (C=O) groups is 3. The molecule has 4 heterocycles. The van der Waals surface area contributed by atoms with Crippen LogP contribution < -0.4 is 10.2 Å². The van der Waals surface area contributed by atoms with E-state index in [2.05, 4.69) is 33.3 Å². The number of pyridine rings is 1. The van der Waals surface area contributed by atoms with Crippen molar-refractivity contribution in [1.29, 1.82) is 0 Å². The summed E-state index contributed by atoms with van der Waals surface area (Å²) in [6.07, 6.45) is 4.84.